The van der Waals surface area contributed by atoms with Crippen molar-refractivity contribution in [2.75, 3.05) is 0 Å². The van der Waals surface area contributed by atoms with Crippen molar-refractivity contribution < 1.29 is 9.90 Å². The van der Waals surface area contributed by atoms with E-state index in [0.29, 0.717) is 6.42 Å². The van der Waals surface area contributed by atoms with Crippen LogP contribution in [0.4, 0.5) is 0 Å². The Hall–Kier alpha value is -1.32. The van der Waals surface area contributed by atoms with Crippen molar-refractivity contribution in [3.63, 3.8) is 0 Å². The number of unbranched alkanes of at least 4 members (excludes halogenated alkanes) is 2. The van der Waals surface area contributed by atoms with E-state index in [-0.39, 0.29) is 6.42 Å². The van der Waals surface area contributed by atoms with Gasteiger partial charge in [-0.3, -0.25) is 9.48 Å². The SMILES string of the molecule is CCCCCn1nc(C)c(CCC(=O)O)c1C. The van der Waals surface area contributed by atoms with Crippen molar-refractivity contribution >= 4 is 5.97 Å². The molecular weight excluding hydrogens is 216 g/mol. The summed E-state index contributed by atoms with van der Waals surface area (Å²) in [5.41, 5.74) is 3.20. The zero-order valence-corrected chi connectivity index (χ0v) is 11.0. The minimum atomic E-state index is -0.748. The lowest BCUT2D eigenvalue weighted by atomic mass is 10.1. The van der Waals surface area contributed by atoms with Gasteiger partial charge in [-0.15, -0.1) is 0 Å². The van der Waals surface area contributed by atoms with Gasteiger partial charge >= 0.3 is 5.97 Å². The molecule has 1 rings (SSSR count). The lowest BCUT2D eigenvalue weighted by Gasteiger charge is -2.04. The van der Waals surface area contributed by atoms with Gasteiger partial charge in [0.1, 0.15) is 0 Å². The highest BCUT2D eigenvalue weighted by atomic mass is 16.4. The molecule has 1 aromatic rings. The summed E-state index contributed by atoms with van der Waals surface area (Å²) in [5.74, 6) is -0.748. The van der Waals surface area contributed by atoms with Crippen LogP contribution in [0, 0.1) is 13.8 Å². The Kier molecular flexibility index (Phi) is 5.19. The van der Waals surface area contributed by atoms with Crippen molar-refractivity contribution in [3.8, 4) is 0 Å². The average Bonchev–Trinajstić information content (AvgIpc) is 2.52. The smallest absolute Gasteiger partial charge is 0.303 e. The van der Waals surface area contributed by atoms with Gasteiger partial charge < -0.3 is 5.11 Å². The van der Waals surface area contributed by atoms with E-state index in [0.717, 1.165) is 29.9 Å². The van der Waals surface area contributed by atoms with Gasteiger partial charge in [0.15, 0.2) is 0 Å². The Bertz CT molecular complexity index is 383. The van der Waals surface area contributed by atoms with E-state index in [9.17, 15) is 4.79 Å². The summed E-state index contributed by atoms with van der Waals surface area (Å²) >= 11 is 0. The molecule has 1 N–H and O–H groups in total. The molecule has 0 atom stereocenters. The largest absolute Gasteiger partial charge is 0.481 e. The molecule has 0 aromatic carbocycles. The summed E-state index contributed by atoms with van der Waals surface area (Å²) in [4.78, 5) is 10.6. The minimum Gasteiger partial charge on any atom is -0.481 e. The van der Waals surface area contributed by atoms with Gasteiger partial charge in [-0.25, -0.2) is 0 Å². The Balaban J connectivity index is 2.68. The van der Waals surface area contributed by atoms with E-state index < -0.39 is 5.97 Å². The lowest BCUT2D eigenvalue weighted by Crippen LogP contribution is -2.03. The van der Waals surface area contributed by atoms with Crippen molar-refractivity contribution in [2.45, 2.75) is 59.4 Å². The van der Waals surface area contributed by atoms with Crippen LogP contribution >= 0.6 is 0 Å². The van der Waals surface area contributed by atoms with Gasteiger partial charge in [0.2, 0.25) is 0 Å². The van der Waals surface area contributed by atoms with Gasteiger partial charge in [-0.05, 0) is 32.3 Å². The first-order valence-corrected chi connectivity index (χ1v) is 6.31. The summed E-state index contributed by atoms with van der Waals surface area (Å²) in [6.45, 7) is 7.11. The Morgan fingerprint density at radius 3 is 2.65 bits per heavy atom. The fourth-order valence-electron chi connectivity index (χ4n) is 2.06. The van der Waals surface area contributed by atoms with Crippen LogP contribution in [-0.2, 0) is 17.8 Å². The average molecular weight is 238 g/mol. The zero-order valence-electron chi connectivity index (χ0n) is 11.0. The first-order chi connectivity index (χ1) is 8.06. The van der Waals surface area contributed by atoms with Crippen LogP contribution in [0.25, 0.3) is 0 Å². The number of hydrogen-bond acceptors (Lipinski definition) is 2. The molecule has 0 unspecified atom stereocenters. The number of aromatic nitrogens is 2. The predicted octanol–water partition coefficient (Wildman–Crippen LogP) is 2.71. The Morgan fingerprint density at radius 2 is 2.06 bits per heavy atom. The first kappa shape index (κ1) is 13.7. The van der Waals surface area contributed by atoms with Gasteiger partial charge in [0.25, 0.3) is 0 Å². The number of nitrogens with zero attached hydrogens (tertiary/aromatic N) is 2. The molecule has 17 heavy (non-hydrogen) atoms. The quantitative estimate of drug-likeness (QED) is 0.743. The Morgan fingerprint density at radius 1 is 1.35 bits per heavy atom. The predicted molar refractivity (Wildman–Crippen MR) is 67.2 cm³/mol. The van der Waals surface area contributed by atoms with Crippen molar-refractivity contribution in [2.24, 2.45) is 0 Å². The van der Waals surface area contributed by atoms with Crippen LogP contribution in [0.2, 0.25) is 0 Å². The molecule has 1 heterocycles. The molecule has 0 saturated heterocycles. The Labute approximate surface area is 103 Å². The number of carbonyl (C=O) groups is 1. The summed E-state index contributed by atoms with van der Waals surface area (Å²) in [5, 5.41) is 13.2. The highest BCUT2D eigenvalue weighted by Crippen LogP contribution is 2.16. The third kappa shape index (κ3) is 3.88. The molecule has 0 aliphatic rings. The summed E-state index contributed by atoms with van der Waals surface area (Å²) in [7, 11) is 0. The maximum Gasteiger partial charge on any atom is 0.303 e. The van der Waals surface area contributed by atoms with Crippen molar-refractivity contribution in [1.82, 2.24) is 9.78 Å². The number of carboxylic acids is 1. The molecule has 0 amide bonds. The zero-order chi connectivity index (χ0) is 12.8. The van der Waals surface area contributed by atoms with E-state index in [1.54, 1.807) is 0 Å². The van der Waals surface area contributed by atoms with Gasteiger partial charge in [0, 0.05) is 18.7 Å². The summed E-state index contributed by atoms with van der Waals surface area (Å²) in [6, 6.07) is 0. The molecule has 4 nitrogen and oxygen atoms in total. The molecule has 0 fully saturated rings. The monoisotopic (exact) mass is 238 g/mol. The van der Waals surface area contributed by atoms with Crippen LogP contribution in [0.15, 0.2) is 0 Å². The van der Waals surface area contributed by atoms with Crippen LogP contribution < -0.4 is 0 Å². The second kappa shape index (κ2) is 6.42. The van der Waals surface area contributed by atoms with Gasteiger partial charge in [-0.2, -0.15) is 5.10 Å². The van der Waals surface area contributed by atoms with E-state index in [1.807, 2.05) is 18.5 Å². The lowest BCUT2D eigenvalue weighted by molar-refractivity contribution is -0.136. The third-order valence-corrected chi connectivity index (χ3v) is 3.09. The highest BCUT2D eigenvalue weighted by Gasteiger charge is 2.12. The molecule has 0 spiro atoms. The number of aryl methyl sites for hydroxylation is 2. The van der Waals surface area contributed by atoms with E-state index in [4.69, 9.17) is 5.11 Å². The standard InChI is InChI=1S/C13H22N2O2/c1-4-5-6-9-15-11(3)12(10(2)14-15)7-8-13(16)17/h4-9H2,1-3H3,(H,16,17). The molecular formula is C13H22N2O2. The van der Waals surface area contributed by atoms with Crippen LogP contribution in [0.5, 0.6) is 0 Å². The van der Waals surface area contributed by atoms with Gasteiger partial charge in [0.05, 0.1) is 5.69 Å². The first-order valence-electron chi connectivity index (χ1n) is 6.31. The second-order valence-corrected chi connectivity index (χ2v) is 4.47. The molecule has 0 aliphatic heterocycles. The summed E-state index contributed by atoms with van der Waals surface area (Å²) in [6.07, 6.45) is 4.31. The molecule has 0 saturated carbocycles. The van der Waals surface area contributed by atoms with E-state index in [1.165, 1.54) is 12.8 Å². The maximum atomic E-state index is 10.6. The number of rotatable bonds is 7. The van der Waals surface area contributed by atoms with Crippen LogP contribution in [0.1, 0.15) is 49.6 Å². The minimum absolute atomic E-state index is 0.183. The number of hydrogen-bond donors (Lipinski definition) is 1. The van der Waals surface area contributed by atoms with Crippen LogP contribution in [-0.4, -0.2) is 20.9 Å². The van der Waals surface area contributed by atoms with E-state index in [2.05, 4.69) is 12.0 Å². The maximum absolute atomic E-state index is 10.6. The molecule has 96 valence electrons. The molecule has 1 aromatic heterocycles. The molecule has 0 bridgehead atoms. The topological polar surface area (TPSA) is 55.1 Å². The number of aliphatic carboxylic acids is 1. The molecule has 4 heteroatoms. The van der Waals surface area contributed by atoms with Crippen LogP contribution in [0.3, 0.4) is 0 Å². The molecule has 0 radical (unpaired) electrons. The summed E-state index contributed by atoms with van der Waals surface area (Å²) < 4.78 is 2.02. The second-order valence-electron chi connectivity index (χ2n) is 4.47. The third-order valence-electron chi connectivity index (χ3n) is 3.09. The van der Waals surface area contributed by atoms with Crippen molar-refractivity contribution in [1.29, 1.82) is 0 Å². The highest BCUT2D eigenvalue weighted by molar-refractivity contribution is 5.67. The fourth-order valence-corrected chi connectivity index (χ4v) is 2.06. The van der Waals surface area contributed by atoms with Gasteiger partial charge in [-0.1, -0.05) is 19.8 Å². The van der Waals surface area contributed by atoms with Crippen molar-refractivity contribution in [3.05, 3.63) is 17.0 Å². The van der Waals surface area contributed by atoms with E-state index >= 15 is 0 Å². The normalized spacial score (nSPS) is 10.8. The fraction of sp³-hybridized carbons (Fsp3) is 0.692. The molecule has 0 aliphatic carbocycles. The number of carboxylic acid groups (broad SMARTS) is 1.